The van der Waals surface area contributed by atoms with E-state index in [0.29, 0.717) is 0 Å². The Labute approximate surface area is 104 Å². The molecule has 1 fully saturated rings. The standard InChI is InChI=1S/C13H26N2O2/c1-2-10-17-11-6-9-15-13(16)12-7-4-3-5-8-14-12/h12,14H,2-11H2,1H3,(H,15,16). The van der Waals surface area contributed by atoms with Crippen LogP contribution in [0.25, 0.3) is 0 Å². The van der Waals surface area contributed by atoms with E-state index in [1.54, 1.807) is 0 Å². The molecule has 1 unspecified atom stereocenters. The Morgan fingerprint density at radius 1 is 1.35 bits per heavy atom. The number of nitrogens with one attached hydrogen (secondary N) is 2. The molecule has 17 heavy (non-hydrogen) atoms. The van der Waals surface area contributed by atoms with E-state index in [0.717, 1.165) is 52.0 Å². The molecule has 1 saturated heterocycles. The van der Waals surface area contributed by atoms with Crippen LogP contribution in [0.1, 0.15) is 45.4 Å². The monoisotopic (exact) mass is 242 g/mol. The van der Waals surface area contributed by atoms with Gasteiger partial charge in [0.15, 0.2) is 0 Å². The van der Waals surface area contributed by atoms with Gasteiger partial charge in [-0.3, -0.25) is 4.79 Å². The first-order valence-electron chi connectivity index (χ1n) is 6.93. The van der Waals surface area contributed by atoms with Crippen molar-refractivity contribution in [3.05, 3.63) is 0 Å². The molecule has 4 heteroatoms. The van der Waals surface area contributed by atoms with Crippen molar-refractivity contribution >= 4 is 5.91 Å². The van der Waals surface area contributed by atoms with Crippen molar-refractivity contribution in [3.8, 4) is 0 Å². The Balaban J connectivity index is 2.03. The van der Waals surface area contributed by atoms with Gasteiger partial charge in [0.25, 0.3) is 0 Å². The molecular formula is C13H26N2O2. The summed E-state index contributed by atoms with van der Waals surface area (Å²) < 4.78 is 5.36. The minimum Gasteiger partial charge on any atom is -0.381 e. The molecule has 2 N–H and O–H groups in total. The summed E-state index contributed by atoms with van der Waals surface area (Å²) >= 11 is 0. The highest BCUT2D eigenvalue weighted by Gasteiger charge is 2.18. The maximum absolute atomic E-state index is 11.8. The topological polar surface area (TPSA) is 50.4 Å². The van der Waals surface area contributed by atoms with Crippen LogP contribution in [0.5, 0.6) is 0 Å². The van der Waals surface area contributed by atoms with Crippen LogP contribution in [0.2, 0.25) is 0 Å². The molecule has 0 saturated carbocycles. The fourth-order valence-electron chi connectivity index (χ4n) is 2.01. The molecule has 1 aliphatic heterocycles. The van der Waals surface area contributed by atoms with E-state index in [1.807, 2.05) is 0 Å². The molecular weight excluding hydrogens is 216 g/mol. The largest absolute Gasteiger partial charge is 0.381 e. The lowest BCUT2D eigenvalue weighted by Gasteiger charge is -2.15. The summed E-state index contributed by atoms with van der Waals surface area (Å²) in [6.45, 7) is 5.35. The second kappa shape index (κ2) is 9.42. The molecule has 1 atom stereocenters. The average Bonchev–Trinajstić information content (AvgIpc) is 2.62. The lowest BCUT2D eigenvalue weighted by Crippen LogP contribution is -2.44. The lowest BCUT2D eigenvalue weighted by molar-refractivity contribution is -0.123. The highest BCUT2D eigenvalue weighted by Crippen LogP contribution is 2.08. The molecule has 1 aliphatic rings. The Bertz CT molecular complexity index is 202. The van der Waals surface area contributed by atoms with Gasteiger partial charge in [-0.25, -0.2) is 0 Å². The van der Waals surface area contributed by atoms with E-state index in [4.69, 9.17) is 4.74 Å². The number of carbonyl (C=O) groups excluding carboxylic acids is 1. The van der Waals surface area contributed by atoms with E-state index in [2.05, 4.69) is 17.6 Å². The van der Waals surface area contributed by atoms with Crippen molar-refractivity contribution in [3.63, 3.8) is 0 Å². The van der Waals surface area contributed by atoms with Crippen LogP contribution in [0.3, 0.4) is 0 Å². The van der Waals surface area contributed by atoms with Crippen molar-refractivity contribution in [1.29, 1.82) is 0 Å². The number of hydrogen-bond acceptors (Lipinski definition) is 3. The molecule has 0 aromatic rings. The van der Waals surface area contributed by atoms with Crippen molar-refractivity contribution in [2.75, 3.05) is 26.3 Å². The molecule has 1 heterocycles. The Morgan fingerprint density at radius 3 is 3.06 bits per heavy atom. The highest BCUT2D eigenvalue weighted by molar-refractivity contribution is 5.81. The normalized spacial score (nSPS) is 20.9. The second-order valence-corrected chi connectivity index (χ2v) is 4.61. The predicted molar refractivity (Wildman–Crippen MR) is 69.0 cm³/mol. The Kier molecular flexibility index (Phi) is 8.01. The van der Waals surface area contributed by atoms with Crippen molar-refractivity contribution in [2.24, 2.45) is 0 Å². The SMILES string of the molecule is CCCOCCCNC(=O)C1CCCCCN1. The summed E-state index contributed by atoms with van der Waals surface area (Å²) in [6, 6.07) is 0.0223. The van der Waals surface area contributed by atoms with Crippen molar-refractivity contribution in [1.82, 2.24) is 10.6 Å². The van der Waals surface area contributed by atoms with Crippen molar-refractivity contribution < 1.29 is 9.53 Å². The number of hydrogen-bond donors (Lipinski definition) is 2. The third kappa shape index (κ3) is 6.64. The first-order valence-corrected chi connectivity index (χ1v) is 6.93. The van der Waals surface area contributed by atoms with Gasteiger partial charge in [0.1, 0.15) is 0 Å². The third-order valence-corrected chi connectivity index (χ3v) is 2.99. The fourth-order valence-corrected chi connectivity index (χ4v) is 2.01. The first-order chi connectivity index (χ1) is 8.34. The van der Waals surface area contributed by atoms with Gasteiger partial charge in [0, 0.05) is 19.8 Å². The minimum absolute atomic E-state index is 0.0223. The number of carbonyl (C=O) groups is 1. The quantitative estimate of drug-likeness (QED) is 0.664. The minimum atomic E-state index is 0.0223. The molecule has 0 aromatic carbocycles. The zero-order valence-electron chi connectivity index (χ0n) is 11.0. The summed E-state index contributed by atoms with van der Waals surface area (Å²) in [4.78, 5) is 11.8. The summed E-state index contributed by atoms with van der Waals surface area (Å²) in [5.41, 5.74) is 0. The maximum atomic E-state index is 11.8. The smallest absolute Gasteiger partial charge is 0.237 e. The summed E-state index contributed by atoms with van der Waals surface area (Å²) in [5, 5.41) is 6.27. The van der Waals surface area contributed by atoms with Crippen LogP contribution >= 0.6 is 0 Å². The number of ether oxygens (including phenoxy) is 1. The van der Waals surface area contributed by atoms with Gasteiger partial charge >= 0.3 is 0 Å². The molecule has 0 aliphatic carbocycles. The second-order valence-electron chi connectivity index (χ2n) is 4.61. The van der Waals surface area contributed by atoms with Gasteiger partial charge < -0.3 is 15.4 Å². The van der Waals surface area contributed by atoms with Gasteiger partial charge in [-0.05, 0) is 32.2 Å². The lowest BCUT2D eigenvalue weighted by atomic mass is 10.1. The third-order valence-electron chi connectivity index (χ3n) is 2.99. The highest BCUT2D eigenvalue weighted by atomic mass is 16.5. The number of rotatable bonds is 7. The van der Waals surface area contributed by atoms with E-state index in [1.165, 1.54) is 12.8 Å². The number of amides is 1. The van der Waals surface area contributed by atoms with Gasteiger partial charge in [-0.2, -0.15) is 0 Å². The molecule has 100 valence electrons. The van der Waals surface area contributed by atoms with Crippen molar-refractivity contribution in [2.45, 2.75) is 51.5 Å². The summed E-state index contributed by atoms with van der Waals surface area (Å²) in [7, 11) is 0. The average molecular weight is 242 g/mol. The maximum Gasteiger partial charge on any atom is 0.237 e. The Morgan fingerprint density at radius 2 is 2.24 bits per heavy atom. The Hall–Kier alpha value is -0.610. The molecule has 0 aromatic heterocycles. The van der Waals surface area contributed by atoms with Crippen LogP contribution in [-0.2, 0) is 9.53 Å². The van der Waals surface area contributed by atoms with Gasteiger partial charge in [-0.15, -0.1) is 0 Å². The zero-order valence-corrected chi connectivity index (χ0v) is 11.0. The molecule has 0 bridgehead atoms. The van der Waals surface area contributed by atoms with Crippen LogP contribution in [-0.4, -0.2) is 38.3 Å². The summed E-state index contributed by atoms with van der Waals surface area (Å²) in [6.07, 6.45) is 6.51. The fraction of sp³-hybridized carbons (Fsp3) is 0.923. The molecule has 1 amide bonds. The van der Waals surface area contributed by atoms with Gasteiger partial charge in [0.2, 0.25) is 5.91 Å². The van der Waals surface area contributed by atoms with E-state index < -0.39 is 0 Å². The van der Waals surface area contributed by atoms with Gasteiger partial charge in [0.05, 0.1) is 6.04 Å². The van der Waals surface area contributed by atoms with Gasteiger partial charge in [-0.1, -0.05) is 19.8 Å². The van der Waals surface area contributed by atoms with E-state index >= 15 is 0 Å². The molecule has 0 radical (unpaired) electrons. The van der Waals surface area contributed by atoms with Crippen LogP contribution in [0.15, 0.2) is 0 Å². The zero-order chi connectivity index (χ0) is 12.3. The molecule has 4 nitrogen and oxygen atoms in total. The summed E-state index contributed by atoms with van der Waals surface area (Å²) in [5.74, 6) is 0.155. The first kappa shape index (κ1) is 14.5. The molecule has 1 rings (SSSR count). The van der Waals surface area contributed by atoms with E-state index in [9.17, 15) is 4.79 Å². The van der Waals surface area contributed by atoms with Crippen LogP contribution in [0, 0.1) is 0 Å². The predicted octanol–water partition coefficient (Wildman–Crippen LogP) is 1.45. The molecule has 0 spiro atoms. The van der Waals surface area contributed by atoms with Crippen LogP contribution in [0.4, 0.5) is 0 Å². The van der Waals surface area contributed by atoms with Crippen LogP contribution < -0.4 is 10.6 Å². The van der Waals surface area contributed by atoms with E-state index in [-0.39, 0.29) is 11.9 Å².